The van der Waals surface area contributed by atoms with Crippen molar-refractivity contribution in [2.24, 2.45) is 0 Å². The highest BCUT2D eigenvalue weighted by Gasteiger charge is 2.22. The monoisotopic (exact) mass is 262 g/mol. The highest BCUT2D eigenvalue weighted by Crippen LogP contribution is 2.13. The van der Waals surface area contributed by atoms with Gasteiger partial charge in [-0.3, -0.25) is 0 Å². The molecule has 0 amide bonds. The summed E-state index contributed by atoms with van der Waals surface area (Å²) in [4.78, 5) is 0. The van der Waals surface area contributed by atoms with Gasteiger partial charge in [0, 0.05) is 16.8 Å². The molecule has 0 spiro atoms. The van der Waals surface area contributed by atoms with E-state index in [-0.39, 0.29) is 0 Å². The summed E-state index contributed by atoms with van der Waals surface area (Å²) in [5.74, 6) is 3.26. The van der Waals surface area contributed by atoms with Crippen LogP contribution in [0.15, 0.2) is 24.3 Å². The zero-order valence-electron chi connectivity index (χ0n) is 7.03. The molecule has 0 bridgehead atoms. The van der Waals surface area contributed by atoms with Crippen LogP contribution in [0, 0.1) is 11.8 Å². The lowest BCUT2D eigenvalue weighted by atomic mass is 10.1. The lowest BCUT2D eigenvalue weighted by molar-refractivity contribution is -0.0696. The first kappa shape index (κ1) is 11.1. The fourth-order valence-corrected chi connectivity index (χ4v) is 1.19. The smallest absolute Gasteiger partial charge is 0.159 e. The Balaban J connectivity index is 2.82. The van der Waals surface area contributed by atoms with E-state index in [1.54, 1.807) is 24.3 Å². The van der Waals surface area contributed by atoms with Crippen molar-refractivity contribution in [1.29, 1.82) is 0 Å². The first-order valence-electron chi connectivity index (χ1n) is 3.76. The molecule has 0 heterocycles. The molecule has 1 aromatic carbocycles. The van der Waals surface area contributed by atoms with Crippen molar-refractivity contribution < 1.29 is 13.2 Å². The average molecular weight is 263 g/mol. The van der Waals surface area contributed by atoms with Crippen molar-refractivity contribution >= 4 is 15.9 Å². The quantitative estimate of drug-likeness (QED) is 0.537. The summed E-state index contributed by atoms with van der Waals surface area (Å²) < 4.78 is 35.1. The van der Waals surface area contributed by atoms with Crippen LogP contribution < -0.4 is 0 Å². The SMILES string of the molecule is FC(F)(F)C#Cc1ccc(CBr)cc1. The minimum atomic E-state index is -4.42. The molecule has 0 unspecified atom stereocenters. The van der Waals surface area contributed by atoms with Gasteiger partial charge in [-0.25, -0.2) is 0 Å². The predicted molar refractivity (Wildman–Crippen MR) is 52.0 cm³/mol. The third-order valence-corrected chi connectivity index (χ3v) is 2.10. The molecule has 0 fully saturated rings. The summed E-state index contributed by atoms with van der Waals surface area (Å²) in [7, 11) is 0. The molecule has 0 atom stereocenters. The second kappa shape index (κ2) is 4.52. The minimum Gasteiger partial charge on any atom is -0.159 e. The molecule has 74 valence electrons. The van der Waals surface area contributed by atoms with Crippen LogP contribution in [0.25, 0.3) is 0 Å². The standard InChI is InChI=1S/C10H6BrF3/c11-7-9-3-1-8(2-4-9)5-6-10(12,13)14/h1-4H,7H2. The molecule has 1 aromatic rings. The summed E-state index contributed by atoms with van der Waals surface area (Å²) in [6.45, 7) is 0. The summed E-state index contributed by atoms with van der Waals surface area (Å²) in [6, 6.07) is 6.59. The van der Waals surface area contributed by atoms with Crippen LogP contribution >= 0.6 is 15.9 Å². The van der Waals surface area contributed by atoms with E-state index >= 15 is 0 Å². The van der Waals surface area contributed by atoms with Gasteiger partial charge >= 0.3 is 6.18 Å². The van der Waals surface area contributed by atoms with Gasteiger partial charge < -0.3 is 0 Å². The summed E-state index contributed by atoms with van der Waals surface area (Å²) >= 11 is 3.24. The Morgan fingerprint density at radius 1 is 1.14 bits per heavy atom. The molecular weight excluding hydrogens is 257 g/mol. The first-order chi connectivity index (χ1) is 6.51. The van der Waals surface area contributed by atoms with Crippen LogP contribution in [0.3, 0.4) is 0 Å². The number of hydrogen-bond donors (Lipinski definition) is 0. The summed E-state index contributed by atoms with van der Waals surface area (Å²) in [5, 5.41) is 0.681. The number of halogens is 4. The third kappa shape index (κ3) is 3.84. The maximum atomic E-state index is 11.7. The zero-order chi connectivity index (χ0) is 10.6. The molecule has 1 rings (SSSR count). The Bertz CT molecular complexity index is 354. The van der Waals surface area contributed by atoms with Crippen molar-refractivity contribution in [3.05, 3.63) is 35.4 Å². The minimum absolute atomic E-state index is 0.368. The van der Waals surface area contributed by atoms with E-state index in [9.17, 15) is 13.2 Å². The lowest BCUT2D eigenvalue weighted by Gasteiger charge is -1.95. The number of hydrogen-bond acceptors (Lipinski definition) is 0. The van der Waals surface area contributed by atoms with Gasteiger partial charge in [0.25, 0.3) is 0 Å². The van der Waals surface area contributed by atoms with Crippen LogP contribution in [0.2, 0.25) is 0 Å². The average Bonchev–Trinajstić information content (AvgIpc) is 2.14. The third-order valence-electron chi connectivity index (χ3n) is 1.46. The number of rotatable bonds is 1. The highest BCUT2D eigenvalue weighted by atomic mass is 79.9. The molecule has 0 aliphatic heterocycles. The van der Waals surface area contributed by atoms with Crippen LogP contribution in [0.1, 0.15) is 11.1 Å². The maximum absolute atomic E-state index is 11.7. The van der Waals surface area contributed by atoms with Crippen molar-refractivity contribution in [3.8, 4) is 11.8 Å². The van der Waals surface area contributed by atoms with E-state index in [0.29, 0.717) is 10.9 Å². The molecule has 14 heavy (non-hydrogen) atoms. The summed E-state index contributed by atoms with van der Waals surface area (Å²) in [6.07, 6.45) is -4.42. The van der Waals surface area contributed by atoms with Crippen LogP contribution in [-0.4, -0.2) is 6.18 Å². The Labute approximate surface area is 88.3 Å². The lowest BCUT2D eigenvalue weighted by Crippen LogP contribution is -2.01. The predicted octanol–water partition coefficient (Wildman–Crippen LogP) is 3.50. The largest absolute Gasteiger partial charge is 0.458 e. The maximum Gasteiger partial charge on any atom is 0.458 e. The molecule has 0 radical (unpaired) electrons. The van der Waals surface area contributed by atoms with Gasteiger partial charge in [-0.1, -0.05) is 34.0 Å². The molecule has 0 aromatic heterocycles. The van der Waals surface area contributed by atoms with Crippen LogP contribution in [0.5, 0.6) is 0 Å². The van der Waals surface area contributed by atoms with Gasteiger partial charge in [-0.15, -0.1) is 0 Å². The molecule has 0 saturated heterocycles. The fraction of sp³-hybridized carbons (Fsp3) is 0.200. The van der Waals surface area contributed by atoms with Gasteiger partial charge in [0.05, 0.1) is 0 Å². The fourth-order valence-electron chi connectivity index (χ4n) is 0.820. The Hall–Kier alpha value is -0.950. The molecule has 0 aliphatic carbocycles. The van der Waals surface area contributed by atoms with Crippen LogP contribution in [-0.2, 0) is 5.33 Å². The van der Waals surface area contributed by atoms with Crippen molar-refractivity contribution in [2.75, 3.05) is 0 Å². The van der Waals surface area contributed by atoms with E-state index in [4.69, 9.17) is 0 Å². The van der Waals surface area contributed by atoms with Crippen LogP contribution in [0.4, 0.5) is 13.2 Å². The van der Waals surface area contributed by atoms with Gasteiger partial charge in [-0.05, 0) is 17.7 Å². The van der Waals surface area contributed by atoms with Gasteiger partial charge in [0.1, 0.15) is 0 Å². The van der Waals surface area contributed by atoms with E-state index in [1.165, 1.54) is 5.92 Å². The number of benzene rings is 1. The van der Waals surface area contributed by atoms with E-state index in [1.807, 2.05) is 5.92 Å². The van der Waals surface area contributed by atoms with Gasteiger partial charge in [0.2, 0.25) is 0 Å². The van der Waals surface area contributed by atoms with E-state index in [0.717, 1.165) is 5.56 Å². The van der Waals surface area contributed by atoms with Gasteiger partial charge in [-0.2, -0.15) is 13.2 Å². The topological polar surface area (TPSA) is 0 Å². The molecule has 0 aliphatic rings. The Morgan fingerprint density at radius 3 is 2.14 bits per heavy atom. The molecular formula is C10H6BrF3. The highest BCUT2D eigenvalue weighted by molar-refractivity contribution is 9.08. The van der Waals surface area contributed by atoms with E-state index < -0.39 is 6.18 Å². The first-order valence-corrected chi connectivity index (χ1v) is 4.88. The number of alkyl halides is 4. The normalized spacial score (nSPS) is 10.6. The van der Waals surface area contributed by atoms with Crippen molar-refractivity contribution in [2.45, 2.75) is 11.5 Å². The Kier molecular flexibility index (Phi) is 3.59. The van der Waals surface area contributed by atoms with Crippen molar-refractivity contribution in [1.82, 2.24) is 0 Å². The molecule has 0 saturated carbocycles. The molecule has 0 N–H and O–H groups in total. The molecule has 4 heteroatoms. The van der Waals surface area contributed by atoms with E-state index in [2.05, 4.69) is 15.9 Å². The second-order valence-electron chi connectivity index (χ2n) is 2.58. The molecule has 0 nitrogen and oxygen atoms in total. The van der Waals surface area contributed by atoms with Gasteiger partial charge in [0.15, 0.2) is 0 Å². The Morgan fingerprint density at radius 2 is 1.71 bits per heavy atom. The van der Waals surface area contributed by atoms with Crippen molar-refractivity contribution in [3.63, 3.8) is 0 Å². The zero-order valence-corrected chi connectivity index (χ0v) is 8.61. The second-order valence-corrected chi connectivity index (χ2v) is 3.14. The summed E-state index contributed by atoms with van der Waals surface area (Å²) in [5.41, 5.74) is 1.37.